The van der Waals surface area contributed by atoms with Gasteiger partial charge in [-0.1, -0.05) is 0 Å². The molecule has 1 amide bonds. The van der Waals surface area contributed by atoms with Gasteiger partial charge in [0, 0.05) is 24.9 Å². The van der Waals surface area contributed by atoms with Gasteiger partial charge in [0.15, 0.2) is 5.78 Å². The van der Waals surface area contributed by atoms with Gasteiger partial charge < -0.3 is 16.4 Å². The van der Waals surface area contributed by atoms with Crippen LogP contribution in [0.2, 0.25) is 0 Å². The van der Waals surface area contributed by atoms with E-state index in [0.717, 1.165) is 11.8 Å². The Morgan fingerprint density at radius 1 is 1.41 bits per heavy atom. The van der Waals surface area contributed by atoms with Crippen molar-refractivity contribution < 1.29 is 22.2 Å². The second-order valence-electron chi connectivity index (χ2n) is 6.52. The van der Waals surface area contributed by atoms with Crippen LogP contribution < -0.4 is 16.4 Å². The lowest BCUT2D eigenvalue weighted by molar-refractivity contribution is -0.117. The Morgan fingerprint density at radius 2 is 2.15 bits per heavy atom. The van der Waals surface area contributed by atoms with Crippen LogP contribution in [-0.4, -0.2) is 44.0 Å². The predicted molar refractivity (Wildman–Crippen MR) is 97.9 cm³/mol. The minimum absolute atomic E-state index is 0.210. The quantitative estimate of drug-likeness (QED) is 0.595. The number of hydrogen-bond acceptors (Lipinski definition) is 8. The largest absolute Gasteiger partial charge is 0.379 e. The van der Waals surface area contributed by atoms with Crippen molar-refractivity contribution in [3.05, 3.63) is 47.3 Å². The summed E-state index contributed by atoms with van der Waals surface area (Å²) >= 11 is 0. The van der Waals surface area contributed by atoms with Crippen molar-refractivity contribution >= 4 is 27.6 Å². The first-order valence-electron chi connectivity index (χ1n) is 8.20. The summed E-state index contributed by atoms with van der Waals surface area (Å²) in [7, 11) is -3.61. The van der Waals surface area contributed by atoms with Crippen molar-refractivity contribution in [2.24, 2.45) is 11.7 Å². The van der Waals surface area contributed by atoms with Gasteiger partial charge in [0.2, 0.25) is 5.91 Å². The number of aromatic nitrogens is 1. The Morgan fingerprint density at radius 3 is 2.81 bits per heavy atom. The molecule has 1 aromatic heterocycles. The lowest BCUT2D eigenvalue weighted by atomic mass is 9.86. The second-order valence-corrected chi connectivity index (χ2v) is 8.16. The van der Waals surface area contributed by atoms with Gasteiger partial charge in [0.1, 0.15) is 5.82 Å². The maximum Gasteiger partial charge on any atom is 0.264 e. The van der Waals surface area contributed by atoms with Gasteiger partial charge in [-0.05, 0) is 35.4 Å². The number of amides is 1. The Balaban J connectivity index is 1.82. The van der Waals surface area contributed by atoms with Crippen LogP contribution >= 0.6 is 0 Å². The van der Waals surface area contributed by atoms with Gasteiger partial charge in [-0.25, -0.2) is 4.98 Å². The number of carbonyl (C=O) groups excluding carboxylic acids is 2. The third kappa shape index (κ3) is 4.41. The molecule has 1 fully saturated rings. The number of rotatable bonds is 5. The first kappa shape index (κ1) is 19.2. The normalized spacial score (nSPS) is 24.6. The maximum absolute atomic E-state index is 12.5. The van der Waals surface area contributed by atoms with Crippen LogP contribution in [-0.2, 0) is 23.9 Å². The molecular formula is C17H20N4O5S. The highest BCUT2D eigenvalue weighted by Crippen LogP contribution is 2.36. The standard InChI is InChI=1S/C17H20N4O5S/c1-9(22)20-14-7-11(3-4-19-14)17-16(18)15-12(21-17)5-10(6-13(15)23)8-26-27(2,24)25/h3-7,15-17,21H,8,18H2,1-2H3,(H,19,20,22). The molecule has 27 heavy (non-hydrogen) atoms. The third-order valence-electron chi connectivity index (χ3n) is 4.29. The van der Waals surface area contributed by atoms with Gasteiger partial charge in [0.25, 0.3) is 10.1 Å². The summed E-state index contributed by atoms with van der Waals surface area (Å²) < 4.78 is 27.1. The number of ketones is 1. The van der Waals surface area contributed by atoms with E-state index in [4.69, 9.17) is 9.92 Å². The zero-order valence-electron chi connectivity index (χ0n) is 14.8. The molecule has 144 valence electrons. The van der Waals surface area contributed by atoms with Crippen molar-refractivity contribution in [1.29, 1.82) is 0 Å². The summed E-state index contributed by atoms with van der Waals surface area (Å²) in [5, 5.41) is 5.84. The first-order valence-corrected chi connectivity index (χ1v) is 10.0. The molecule has 3 rings (SSSR count). The van der Waals surface area contributed by atoms with Gasteiger partial charge in [-0.3, -0.25) is 13.8 Å². The zero-order chi connectivity index (χ0) is 19.8. The number of nitrogens with zero attached hydrogens (tertiary/aromatic N) is 1. The molecule has 0 saturated carbocycles. The van der Waals surface area contributed by atoms with E-state index < -0.39 is 22.1 Å². The van der Waals surface area contributed by atoms with E-state index >= 15 is 0 Å². The van der Waals surface area contributed by atoms with Crippen LogP contribution in [0.5, 0.6) is 0 Å². The van der Waals surface area contributed by atoms with Gasteiger partial charge >= 0.3 is 0 Å². The number of pyridine rings is 1. The fourth-order valence-electron chi connectivity index (χ4n) is 3.21. The van der Waals surface area contributed by atoms with Crippen molar-refractivity contribution in [3.63, 3.8) is 0 Å². The molecule has 1 aliphatic carbocycles. The molecule has 1 saturated heterocycles. The lowest BCUT2D eigenvalue weighted by Crippen LogP contribution is -2.36. The summed E-state index contributed by atoms with van der Waals surface area (Å²) in [6, 6.07) is 2.57. The van der Waals surface area contributed by atoms with Crippen molar-refractivity contribution in [2.75, 3.05) is 18.2 Å². The van der Waals surface area contributed by atoms with E-state index in [1.807, 2.05) is 0 Å². The van der Waals surface area contributed by atoms with E-state index in [0.29, 0.717) is 17.1 Å². The Labute approximate surface area is 156 Å². The van der Waals surface area contributed by atoms with Crippen LogP contribution in [0.25, 0.3) is 0 Å². The second kappa shape index (κ2) is 7.22. The molecule has 0 aromatic carbocycles. The van der Waals surface area contributed by atoms with E-state index in [9.17, 15) is 18.0 Å². The Bertz CT molecular complexity index is 954. The minimum atomic E-state index is -3.61. The number of fused-ring (bicyclic) bond motifs is 1. The van der Waals surface area contributed by atoms with E-state index in [1.54, 1.807) is 24.4 Å². The molecule has 3 atom stereocenters. The Hall–Kier alpha value is -2.56. The van der Waals surface area contributed by atoms with Crippen molar-refractivity contribution in [3.8, 4) is 0 Å². The number of nitrogens with two attached hydrogens (primary N) is 1. The van der Waals surface area contributed by atoms with E-state index in [1.165, 1.54) is 13.0 Å². The molecule has 2 aliphatic rings. The summed E-state index contributed by atoms with van der Waals surface area (Å²) in [6.45, 7) is 1.17. The fraction of sp³-hybridized carbons (Fsp3) is 0.353. The van der Waals surface area contributed by atoms with Crippen LogP contribution in [0.1, 0.15) is 18.5 Å². The number of nitrogens with one attached hydrogen (secondary N) is 2. The number of carbonyl (C=O) groups is 2. The number of anilines is 1. The van der Waals surface area contributed by atoms with Crippen LogP contribution in [0.4, 0.5) is 5.82 Å². The highest BCUT2D eigenvalue weighted by atomic mass is 32.2. The van der Waals surface area contributed by atoms with E-state index in [-0.39, 0.29) is 24.3 Å². The summed E-state index contributed by atoms with van der Waals surface area (Å²) in [5.74, 6) is -0.605. The topological polar surface area (TPSA) is 140 Å². The molecule has 0 radical (unpaired) electrons. The SMILES string of the molecule is CC(=O)Nc1cc(C2NC3=CC(COS(C)(=O)=O)=CC(=O)C3C2N)ccn1. The highest BCUT2D eigenvalue weighted by Gasteiger charge is 2.43. The average molecular weight is 392 g/mol. The third-order valence-corrected chi connectivity index (χ3v) is 4.83. The van der Waals surface area contributed by atoms with Crippen molar-refractivity contribution in [2.45, 2.75) is 19.0 Å². The number of allylic oxidation sites excluding steroid dienone is 1. The van der Waals surface area contributed by atoms with Gasteiger partial charge in [-0.2, -0.15) is 8.42 Å². The minimum Gasteiger partial charge on any atom is -0.379 e. The molecule has 0 bridgehead atoms. The molecule has 1 aromatic rings. The van der Waals surface area contributed by atoms with Crippen LogP contribution in [0, 0.1) is 5.92 Å². The highest BCUT2D eigenvalue weighted by molar-refractivity contribution is 7.86. The first-order chi connectivity index (χ1) is 12.6. The van der Waals surface area contributed by atoms with Gasteiger partial charge in [-0.15, -0.1) is 0 Å². The lowest BCUT2D eigenvalue weighted by Gasteiger charge is -2.19. The van der Waals surface area contributed by atoms with Gasteiger partial charge in [0.05, 0.1) is 24.8 Å². The average Bonchev–Trinajstić information content (AvgIpc) is 2.89. The molecule has 0 spiro atoms. The zero-order valence-corrected chi connectivity index (χ0v) is 15.6. The maximum atomic E-state index is 12.5. The molecule has 4 N–H and O–H groups in total. The fourth-order valence-corrected chi connectivity index (χ4v) is 3.56. The molecule has 2 heterocycles. The summed E-state index contributed by atoms with van der Waals surface area (Å²) in [5.41, 5.74) is 8.15. The summed E-state index contributed by atoms with van der Waals surface area (Å²) in [4.78, 5) is 27.8. The number of hydrogen-bond donors (Lipinski definition) is 3. The Kier molecular flexibility index (Phi) is 5.13. The molecular weight excluding hydrogens is 372 g/mol. The van der Waals surface area contributed by atoms with E-state index in [2.05, 4.69) is 15.6 Å². The molecule has 3 unspecified atom stereocenters. The molecule has 1 aliphatic heterocycles. The molecule has 9 nitrogen and oxygen atoms in total. The van der Waals surface area contributed by atoms with Crippen LogP contribution in [0.15, 0.2) is 41.8 Å². The summed E-state index contributed by atoms with van der Waals surface area (Å²) in [6.07, 6.45) is 5.55. The van der Waals surface area contributed by atoms with Crippen molar-refractivity contribution in [1.82, 2.24) is 10.3 Å². The monoisotopic (exact) mass is 392 g/mol. The van der Waals surface area contributed by atoms with Crippen LogP contribution in [0.3, 0.4) is 0 Å². The smallest absolute Gasteiger partial charge is 0.264 e. The molecule has 10 heteroatoms. The predicted octanol–water partition coefficient (Wildman–Crippen LogP) is -0.00300.